The Labute approximate surface area is 196 Å². The number of carbonyl (C=O) groups is 1. The second-order valence-electron chi connectivity index (χ2n) is 6.63. The number of anilines is 2. The molecule has 0 aliphatic carbocycles. The number of urea groups is 1. The van der Waals surface area contributed by atoms with Gasteiger partial charge in [0.2, 0.25) is 0 Å². The van der Waals surface area contributed by atoms with Crippen LogP contribution in [0.25, 0.3) is 0 Å². The van der Waals surface area contributed by atoms with Crippen LogP contribution in [0.3, 0.4) is 0 Å². The standard InChI is InChI=1S/C23H23Cl2N3O2S/c1-30-21-9-5-4-8-20(21)28-23(29)27-12-13-31-22(16-6-2-3-7-18(16)25)17-14-15(24)10-11-19(17)26/h2-11,14,22H,12-13,26H2,1H3,(H2,27,28,29). The second-order valence-corrected chi connectivity index (χ2v) is 8.68. The quantitative estimate of drug-likeness (QED) is 0.266. The van der Waals surface area contributed by atoms with E-state index < -0.39 is 0 Å². The topological polar surface area (TPSA) is 76.4 Å². The Hall–Kier alpha value is -2.54. The summed E-state index contributed by atoms with van der Waals surface area (Å²) in [5.74, 6) is 1.24. The average molecular weight is 476 g/mol. The summed E-state index contributed by atoms with van der Waals surface area (Å²) in [6.07, 6.45) is 0. The molecular weight excluding hydrogens is 453 g/mol. The van der Waals surface area contributed by atoms with Crippen molar-refractivity contribution in [2.75, 3.05) is 30.5 Å². The van der Waals surface area contributed by atoms with Gasteiger partial charge in [0.15, 0.2) is 0 Å². The number of ether oxygens (including phenoxy) is 1. The highest BCUT2D eigenvalue weighted by Gasteiger charge is 2.20. The number of amides is 2. The molecule has 0 heterocycles. The molecule has 31 heavy (non-hydrogen) atoms. The van der Waals surface area contributed by atoms with Crippen molar-refractivity contribution in [2.24, 2.45) is 0 Å². The number of hydrogen-bond acceptors (Lipinski definition) is 4. The molecule has 0 saturated carbocycles. The van der Waals surface area contributed by atoms with Crippen LogP contribution in [0.2, 0.25) is 10.0 Å². The maximum atomic E-state index is 12.3. The van der Waals surface area contributed by atoms with Gasteiger partial charge in [-0.3, -0.25) is 0 Å². The van der Waals surface area contributed by atoms with E-state index in [2.05, 4.69) is 10.6 Å². The Morgan fingerprint density at radius 2 is 1.81 bits per heavy atom. The number of halogens is 2. The van der Waals surface area contributed by atoms with Gasteiger partial charge in [0.1, 0.15) is 5.75 Å². The largest absolute Gasteiger partial charge is 0.495 e. The first kappa shape index (κ1) is 23.1. The Bertz CT molecular complexity index is 1050. The highest BCUT2D eigenvalue weighted by molar-refractivity contribution is 7.99. The first-order chi connectivity index (χ1) is 15.0. The minimum Gasteiger partial charge on any atom is -0.495 e. The number of carbonyl (C=O) groups excluding carboxylic acids is 1. The lowest BCUT2D eigenvalue weighted by Crippen LogP contribution is -2.30. The third kappa shape index (κ3) is 6.23. The van der Waals surface area contributed by atoms with Crippen LogP contribution < -0.4 is 21.1 Å². The normalized spacial score (nSPS) is 11.6. The molecule has 0 fully saturated rings. The fourth-order valence-corrected chi connectivity index (χ4v) is 4.78. The summed E-state index contributed by atoms with van der Waals surface area (Å²) in [4.78, 5) is 12.3. The molecule has 5 nitrogen and oxygen atoms in total. The highest BCUT2D eigenvalue weighted by atomic mass is 35.5. The van der Waals surface area contributed by atoms with E-state index in [9.17, 15) is 4.79 Å². The van der Waals surface area contributed by atoms with Gasteiger partial charge in [-0.15, -0.1) is 11.8 Å². The van der Waals surface area contributed by atoms with E-state index in [1.807, 2.05) is 42.5 Å². The number of para-hydroxylation sites is 2. The molecule has 162 valence electrons. The molecule has 1 unspecified atom stereocenters. The number of nitrogens with two attached hydrogens (primary N) is 1. The predicted molar refractivity (Wildman–Crippen MR) is 132 cm³/mol. The number of methoxy groups -OCH3 is 1. The summed E-state index contributed by atoms with van der Waals surface area (Å²) in [5, 5.41) is 6.80. The van der Waals surface area contributed by atoms with Gasteiger partial charge in [0, 0.05) is 28.0 Å². The Morgan fingerprint density at radius 3 is 2.58 bits per heavy atom. The Kier molecular flexibility index (Phi) is 8.35. The molecule has 4 N–H and O–H groups in total. The predicted octanol–water partition coefficient (Wildman–Crippen LogP) is 6.23. The van der Waals surface area contributed by atoms with Crippen LogP contribution >= 0.6 is 35.0 Å². The molecule has 0 spiro atoms. The van der Waals surface area contributed by atoms with E-state index >= 15 is 0 Å². The van der Waals surface area contributed by atoms with E-state index in [1.165, 1.54) is 0 Å². The number of hydrogen-bond donors (Lipinski definition) is 3. The first-order valence-electron chi connectivity index (χ1n) is 9.58. The number of benzene rings is 3. The van der Waals surface area contributed by atoms with Crippen molar-refractivity contribution in [3.63, 3.8) is 0 Å². The SMILES string of the molecule is COc1ccccc1NC(=O)NCCSC(c1cc(Cl)ccc1N)c1ccccc1Cl. The van der Waals surface area contributed by atoms with Crippen LogP contribution in [0, 0.1) is 0 Å². The summed E-state index contributed by atoms with van der Waals surface area (Å²) in [5.41, 5.74) is 9.32. The monoisotopic (exact) mass is 475 g/mol. The van der Waals surface area contributed by atoms with Crippen LogP contribution in [-0.2, 0) is 0 Å². The van der Waals surface area contributed by atoms with E-state index in [0.29, 0.717) is 39.5 Å². The molecule has 1 atom stereocenters. The van der Waals surface area contributed by atoms with Crippen molar-refractivity contribution in [1.29, 1.82) is 0 Å². The number of nitrogen functional groups attached to an aromatic ring is 1. The number of thioether (sulfide) groups is 1. The third-order valence-corrected chi connectivity index (χ3v) is 6.41. The molecule has 0 bridgehead atoms. The van der Waals surface area contributed by atoms with Crippen LogP contribution in [0.4, 0.5) is 16.2 Å². The molecule has 0 saturated heterocycles. The van der Waals surface area contributed by atoms with Gasteiger partial charge in [-0.05, 0) is 47.5 Å². The summed E-state index contributed by atoms with van der Waals surface area (Å²) in [6, 6.07) is 20.0. The van der Waals surface area contributed by atoms with Gasteiger partial charge in [0.25, 0.3) is 0 Å². The smallest absolute Gasteiger partial charge is 0.319 e. The molecule has 2 amide bonds. The Balaban J connectivity index is 1.65. The lowest BCUT2D eigenvalue weighted by atomic mass is 10.0. The summed E-state index contributed by atoms with van der Waals surface area (Å²) in [7, 11) is 1.56. The van der Waals surface area contributed by atoms with Crippen molar-refractivity contribution in [2.45, 2.75) is 5.25 Å². The second kappa shape index (κ2) is 11.2. The number of rotatable bonds is 8. The maximum absolute atomic E-state index is 12.3. The zero-order valence-electron chi connectivity index (χ0n) is 16.9. The van der Waals surface area contributed by atoms with E-state index in [0.717, 1.165) is 11.1 Å². The fourth-order valence-electron chi connectivity index (χ4n) is 3.06. The average Bonchev–Trinajstić information content (AvgIpc) is 2.77. The number of nitrogens with one attached hydrogen (secondary N) is 2. The summed E-state index contributed by atoms with van der Waals surface area (Å²) in [6.45, 7) is 0.451. The third-order valence-electron chi connectivity index (χ3n) is 4.55. The van der Waals surface area contributed by atoms with Gasteiger partial charge in [0.05, 0.1) is 18.0 Å². The molecule has 0 radical (unpaired) electrons. The van der Waals surface area contributed by atoms with E-state index in [4.69, 9.17) is 33.7 Å². The Morgan fingerprint density at radius 1 is 1.06 bits per heavy atom. The van der Waals surface area contributed by atoms with E-state index in [1.54, 1.807) is 43.1 Å². The van der Waals surface area contributed by atoms with E-state index in [-0.39, 0.29) is 11.3 Å². The fraction of sp³-hybridized carbons (Fsp3) is 0.174. The lowest BCUT2D eigenvalue weighted by molar-refractivity contribution is 0.252. The van der Waals surface area contributed by atoms with Crippen molar-refractivity contribution < 1.29 is 9.53 Å². The highest BCUT2D eigenvalue weighted by Crippen LogP contribution is 2.42. The van der Waals surface area contributed by atoms with Crippen LogP contribution in [-0.4, -0.2) is 25.4 Å². The molecule has 0 aliphatic rings. The first-order valence-corrected chi connectivity index (χ1v) is 11.4. The molecule has 0 aliphatic heterocycles. The van der Waals surface area contributed by atoms with Crippen LogP contribution in [0.5, 0.6) is 5.75 Å². The molecular formula is C23H23Cl2N3O2S. The minimum atomic E-state index is -0.304. The lowest BCUT2D eigenvalue weighted by Gasteiger charge is -2.21. The zero-order valence-corrected chi connectivity index (χ0v) is 19.2. The van der Waals surface area contributed by atoms with Crippen molar-refractivity contribution in [3.05, 3.63) is 87.9 Å². The molecule has 3 rings (SSSR count). The minimum absolute atomic E-state index is 0.119. The van der Waals surface area contributed by atoms with Crippen molar-refractivity contribution in [1.82, 2.24) is 5.32 Å². The molecule has 8 heteroatoms. The summed E-state index contributed by atoms with van der Waals surface area (Å²) < 4.78 is 5.25. The van der Waals surface area contributed by atoms with Gasteiger partial charge < -0.3 is 21.1 Å². The van der Waals surface area contributed by atoms with Crippen molar-refractivity contribution >= 4 is 52.4 Å². The van der Waals surface area contributed by atoms with Crippen LogP contribution in [0.1, 0.15) is 16.4 Å². The van der Waals surface area contributed by atoms with Gasteiger partial charge in [-0.1, -0.05) is 53.5 Å². The summed E-state index contributed by atoms with van der Waals surface area (Å²) >= 11 is 14.3. The molecule has 3 aromatic rings. The molecule has 3 aromatic carbocycles. The van der Waals surface area contributed by atoms with Gasteiger partial charge >= 0.3 is 6.03 Å². The molecule has 0 aromatic heterocycles. The maximum Gasteiger partial charge on any atom is 0.319 e. The van der Waals surface area contributed by atoms with Gasteiger partial charge in [-0.25, -0.2) is 4.79 Å². The van der Waals surface area contributed by atoms with Crippen molar-refractivity contribution in [3.8, 4) is 5.75 Å². The van der Waals surface area contributed by atoms with Gasteiger partial charge in [-0.2, -0.15) is 0 Å². The zero-order chi connectivity index (χ0) is 22.2. The van der Waals surface area contributed by atoms with Crippen LogP contribution in [0.15, 0.2) is 66.7 Å².